The maximum atomic E-state index is 12.4. The number of para-hydroxylation sites is 1. The average Bonchev–Trinajstić information content (AvgIpc) is 2.86. The Labute approximate surface area is 121 Å². The zero-order chi connectivity index (χ0) is 14.4. The first-order valence-corrected chi connectivity index (χ1v) is 6.73. The highest BCUT2D eigenvalue weighted by atomic mass is 16.5. The lowest BCUT2D eigenvalue weighted by molar-refractivity contribution is 0.443. The maximum Gasteiger partial charge on any atom is 0.344 e. The van der Waals surface area contributed by atoms with E-state index in [0.29, 0.717) is 22.7 Å². The fourth-order valence-corrected chi connectivity index (χ4v) is 2.84. The molecule has 21 heavy (non-hydrogen) atoms. The lowest BCUT2D eigenvalue weighted by atomic mass is 9.92. The van der Waals surface area contributed by atoms with Crippen LogP contribution in [0.3, 0.4) is 0 Å². The van der Waals surface area contributed by atoms with E-state index >= 15 is 0 Å². The van der Waals surface area contributed by atoms with Crippen LogP contribution in [-0.2, 0) is 0 Å². The summed E-state index contributed by atoms with van der Waals surface area (Å²) in [6, 6.07) is 17.1. The van der Waals surface area contributed by atoms with Gasteiger partial charge in [-0.05, 0) is 17.7 Å². The second kappa shape index (κ2) is 4.35. The van der Waals surface area contributed by atoms with Crippen molar-refractivity contribution in [1.29, 1.82) is 0 Å². The van der Waals surface area contributed by atoms with Crippen LogP contribution in [0.4, 0.5) is 0 Å². The Morgan fingerprint density at radius 1 is 0.952 bits per heavy atom. The van der Waals surface area contributed by atoms with Crippen molar-refractivity contribution in [3.05, 3.63) is 88.5 Å². The molecule has 4 rings (SSSR count). The number of fused-ring (bicyclic) bond motifs is 3. The highest BCUT2D eigenvalue weighted by molar-refractivity contribution is 5.86. The summed E-state index contributed by atoms with van der Waals surface area (Å²) in [6.07, 6.45) is 0. The van der Waals surface area contributed by atoms with Crippen LogP contribution in [0.1, 0.15) is 17.0 Å². The molecule has 0 N–H and O–H groups in total. The standard InChI is InChI=1S/C18H12O3/c1-11-15(12-7-3-2-4-8-12)16-17(20-11)13-9-5-6-10-14(13)21-18(16)19/h2-10,15H,1H2. The number of hydrogen-bond acceptors (Lipinski definition) is 3. The van der Waals surface area contributed by atoms with E-state index in [1.165, 1.54) is 0 Å². The SMILES string of the molecule is C=C1Oc2c(c(=O)oc3ccccc23)C1c1ccccc1. The Bertz CT molecular complexity index is 907. The minimum absolute atomic E-state index is 0.276. The van der Waals surface area contributed by atoms with Crippen molar-refractivity contribution in [3.8, 4) is 5.75 Å². The normalized spacial score (nSPS) is 16.8. The molecule has 0 aliphatic carbocycles. The molecule has 0 spiro atoms. The molecule has 1 atom stereocenters. The summed E-state index contributed by atoms with van der Waals surface area (Å²) in [5.41, 5.74) is 1.67. The Morgan fingerprint density at radius 3 is 2.48 bits per heavy atom. The highest BCUT2D eigenvalue weighted by Crippen LogP contribution is 2.45. The van der Waals surface area contributed by atoms with Gasteiger partial charge in [0, 0.05) is 0 Å². The molecule has 1 aliphatic rings. The van der Waals surface area contributed by atoms with Crippen molar-refractivity contribution >= 4 is 11.0 Å². The number of ether oxygens (including phenoxy) is 1. The highest BCUT2D eigenvalue weighted by Gasteiger charge is 2.35. The van der Waals surface area contributed by atoms with Crippen molar-refractivity contribution in [3.63, 3.8) is 0 Å². The van der Waals surface area contributed by atoms with Crippen LogP contribution >= 0.6 is 0 Å². The second-order valence-electron chi connectivity index (χ2n) is 5.04. The minimum Gasteiger partial charge on any atom is -0.460 e. The molecule has 0 saturated carbocycles. The van der Waals surface area contributed by atoms with Crippen molar-refractivity contribution in [2.75, 3.05) is 0 Å². The first-order chi connectivity index (χ1) is 10.3. The largest absolute Gasteiger partial charge is 0.460 e. The number of allylic oxidation sites excluding steroid dienone is 1. The second-order valence-corrected chi connectivity index (χ2v) is 5.04. The molecule has 3 heteroatoms. The van der Waals surface area contributed by atoms with Crippen molar-refractivity contribution in [2.24, 2.45) is 0 Å². The zero-order valence-electron chi connectivity index (χ0n) is 11.2. The molecular weight excluding hydrogens is 264 g/mol. The quantitative estimate of drug-likeness (QED) is 0.634. The van der Waals surface area contributed by atoms with Crippen LogP contribution in [0.25, 0.3) is 11.0 Å². The molecule has 2 aromatic carbocycles. The van der Waals surface area contributed by atoms with Gasteiger partial charge in [-0.3, -0.25) is 0 Å². The Hall–Kier alpha value is -2.81. The monoisotopic (exact) mass is 276 g/mol. The summed E-state index contributed by atoms with van der Waals surface area (Å²) in [4.78, 5) is 12.4. The molecule has 1 aliphatic heterocycles. The molecule has 0 saturated heterocycles. The number of hydrogen-bond donors (Lipinski definition) is 0. The molecule has 0 amide bonds. The van der Waals surface area contributed by atoms with Crippen LogP contribution in [0.15, 0.2) is 76.1 Å². The van der Waals surface area contributed by atoms with E-state index in [1.54, 1.807) is 6.07 Å². The van der Waals surface area contributed by atoms with Gasteiger partial charge in [-0.1, -0.05) is 49.0 Å². The van der Waals surface area contributed by atoms with E-state index in [4.69, 9.17) is 9.15 Å². The van der Waals surface area contributed by atoms with E-state index in [-0.39, 0.29) is 11.5 Å². The third-order valence-corrected chi connectivity index (χ3v) is 3.78. The minimum atomic E-state index is -0.365. The van der Waals surface area contributed by atoms with E-state index < -0.39 is 0 Å². The molecule has 0 bridgehead atoms. The van der Waals surface area contributed by atoms with Gasteiger partial charge in [0.05, 0.1) is 16.9 Å². The van der Waals surface area contributed by atoms with Crippen molar-refractivity contribution < 1.29 is 9.15 Å². The van der Waals surface area contributed by atoms with Crippen LogP contribution in [-0.4, -0.2) is 0 Å². The van der Waals surface area contributed by atoms with Gasteiger partial charge in [0.2, 0.25) is 0 Å². The van der Waals surface area contributed by atoms with Crippen LogP contribution in [0, 0.1) is 0 Å². The summed E-state index contributed by atoms with van der Waals surface area (Å²) < 4.78 is 11.2. The van der Waals surface area contributed by atoms with Gasteiger partial charge in [0.15, 0.2) is 0 Å². The Kier molecular flexibility index (Phi) is 2.48. The predicted molar refractivity (Wildman–Crippen MR) is 80.5 cm³/mol. The summed E-state index contributed by atoms with van der Waals surface area (Å²) in [6.45, 7) is 3.97. The fraction of sp³-hybridized carbons (Fsp3) is 0.0556. The number of rotatable bonds is 1. The Morgan fingerprint density at radius 2 is 1.67 bits per heavy atom. The van der Waals surface area contributed by atoms with Crippen molar-refractivity contribution in [1.82, 2.24) is 0 Å². The smallest absolute Gasteiger partial charge is 0.344 e. The lowest BCUT2D eigenvalue weighted by Gasteiger charge is -2.09. The molecule has 3 nitrogen and oxygen atoms in total. The molecule has 0 fully saturated rings. The summed E-state index contributed by atoms with van der Waals surface area (Å²) >= 11 is 0. The van der Waals surface area contributed by atoms with Gasteiger partial charge in [0.25, 0.3) is 0 Å². The molecule has 1 aromatic heterocycles. The number of benzene rings is 2. The van der Waals surface area contributed by atoms with Gasteiger partial charge in [-0.15, -0.1) is 0 Å². The molecule has 102 valence electrons. The van der Waals surface area contributed by atoms with Crippen LogP contribution in [0.5, 0.6) is 5.75 Å². The van der Waals surface area contributed by atoms with E-state index in [9.17, 15) is 4.79 Å². The fourth-order valence-electron chi connectivity index (χ4n) is 2.84. The molecular formula is C18H12O3. The third kappa shape index (κ3) is 1.71. The predicted octanol–water partition coefficient (Wildman–Crippen LogP) is 3.83. The van der Waals surface area contributed by atoms with Gasteiger partial charge in [-0.25, -0.2) is 4.79 Å². The van der Waals surface area contributed by atoms with Crippen molar-refractivity contribution in [2.45, 2.75) is 5.92 Å². The van der Waals surface area contributed by atoms with E-state index in [2.05, 4.69) is 6.58 Å². The molecule has 2 heterocycles. The van der Waals surface area contributed by atoms with Crippen LogP contribution in [0.2, 0.25) is 0 Å². The first kappa shape index (κ1) is 12.0. The van der Waals surface area contributed by atoms with Crippen LogP contribution < -0.4 is 10.4 Å². The summed E-state index contributed by atoms with van der Waals surface area (Å²) in [5.74, 6) is 0.850. The van der Waals surface area contributed by atoms with E-state index in [0.717, 1.165) is 10.9 Å². The maximum absolute atomic E-state index is 12.4. The zero-order valence-corrected chi connectivity index (χ0v) is 11.2. The Balaban J connectivity index is 2.04. The van der Waals surface area contributed by atoms with Gasteiger partial charge < -0.3 is 9.15 Å². The van der Waals surface area contributed by atoms with E-state index in [1.807, 2.05) is 48.5 Å². The third-order valence-electron chi connectivity index (χ3n) is 3.78. The molecule has 0 radical (unpaired) electrons. The van der Waals surface area contributed by atoms with Gasteiger partial charge in [-0.2, -0.15) is 0 Å². The van der Waals surface area contributed by atoms with Gasteiger partial charge >= 0.3 is 5.63 Å². The topological polar surface area (TPSA) is 39.4 Å². The lowest BCUT2D eigenvalue weighted by Crippen LogP contribution is -2.10. The summed E-state index contributed by atoms with van der Waals surface area (Å²) in [7, 11) is 0. The first-order valence-electron chi connectivity index (χ1n) is 6.73. The summed E-state index contributed by atoms with van der Waals surface area (Å²) in [5, 5.41) is 0.798. The molecule has 3 aromatic rings. The van der Waals surface area contributed by atoms with Gasteiger partial charge in [0.1, 0.15) is 17.1 Å². The molecule has 1 unspecified atom stereocenters. The average molecular weight is 276 g/mol.